The molecule has 3 rings (SSSR count). The molecule has 6 nitrogen and oxygen atoms in total. The van der Waals surface area contributed by atoms with E-state index in [1.54, 1.807) is 4.68 Å². The average molecular weight is 243 g/mol. The van der Waals surface area contributed by atoms with Gasteiger partial charge >= 0.3 is 5.97 Å². The third-order valence-electron chi connectivity index (χ3n) is 2.69. The van der Waals surface area contributed by atoms with Crippen LogP contribution in [0.5, 0.6) is 0 Å². The maximum absolute atomic E-state index is 11.0. The van der Waals surface area contributed by atoms with Crippen LogP contribution in [-0.4, -0.2) is 26.1 Å². The van der Waals surface area contributed by atoms with Gasteiger partial charge in [0.1, 0.15) is 23.4 Å². The van der Waals surface area contributed by atoms with Crippen molar-refractivity contribution in [3.05, 3.63) is 47.9 Å². The molecule has 0 saturated carbocycles. The molecule has 0 atom stereocenters. The normalized spacial score (nSPS) is 10.9. The Morgan fingerprint density at radius 1 is 1.33 bits per heavy atom. The highest BCUT2D eigenvalue weighted by Gasteiger charge is 2.15. The molecule has 90 valence electrons. The van der Waals surface area contributed by atoms with Crippen molar-refractivity contribution in [3.63, 3.8) is 0 Å². The number of carboxylic acid groups (broad SMARTS) is 1. The lowest BCUT2D eigenvalue weighted by Crippen LogP contribution is -2.06. The van der Waals surface area contributed by atoms with E-state index in [0.29, 0.717) is 5.76 Å². The van der Waals surface area contributed by atoms with E-state index in [-0.39, 0.29) is 12.1 Å². The van der Waals surface area contributed by atoms with Crippen molar-refractivity contribution in [2.24, 2.45) is 0 Å². The summed E-state index contributed by atoms with van der Waals surface area (Å²) in [5.41, 5.74) is 1.75. The summed E-state index contributed by atoms with van der Waals surface area (Å²) in [5.74, 6) is -0.652. The number of hydrogen-bond donors (Lipinski definition) is 1. The van der Waals surface area contributed by atoms with Gasteiger partial charge in [0.05, 0.1) is 11.8 Å². The summed E-state index contributed by atoms with van der Waals surface area (Å²) in [6, 6.07) is 8.90. The van der Waals surface area contributed by atoms with Gasteiger partial charge < -0.3 is 9.52 Å². The smallest absolute Gasteiger partial charge is 0.339 e. The first-order valence-electron chi connectivity index (χ1n) is 5.33. The number of nitrogens with zero attached hydrogens (tertiary/aromatic N) is 3. The van der Waals surface area contributed by atoms with Crippen molar-refractivity contribution in [1.82, 2.24) is 15.0 Å². The van der Waals surface area contributed by atoms with Crippen LogP contribution in [0, 0.1) is 0 Å². The van der Waals surface area contributed by atoms with Crippen LogP contribution < -0.4 is 0 Å². The van der Waals surface area contributed by atoms with Gasteiger partial charge in [-0.2, -0.15) is 0 Å². The molecule has 0 aliphatic carbocycles. The van der Waals surface area contributed by atoms with Crippen LogP contribution in [0.2, 0.25) is 0 Å². The Bertz CT molecular complexity index is 714. The first-order valence-corrected chi connectivity index (χ1v) is 5.33. The second-order valence-corrected chi connectivity index (χ2v) is 3.80. The third-order valence-corrected chi connectivity index (χ3v) is 2.69. The van der Waals surface area contributed by atoms with Crippen molar-refractivity contribution in [2.75, 3.05) is 0 Å². The highest BCUT2D eigenvalue weighted by molar-refractivity contribution is 5.88. The Kier molecular flexibility index (Phi) is 2.33. The fraction of sp³-hybridized carbons (Fsp3) is 0.0833. The van der Waals surface area contributed by atoms with E-state index < -0.39 is 5.97 Å². The lowest BCUT2D eigenvalue weighted by atomic mass is 10.2. The van der Waals surface area contributed by atoms with Gasteiger partial charge in [-0.1, -0.05) is 17.3 Å². The number of aromatic carboxylic acids is 1. The minimum Gasteiger partial charge on any atom is -0.478 e. The van der Waals surface area contributed by atoms with E-state index in [1.807, 2.05) is 24.3 Å². The second kappa shape index (κ2) is 3.99. The molecule has 6 heteroatoms. The molecule has 3 aromatic rings. The summed E-state index contributed by atoms with van der Waals surface area (Å²) in [5, 5.41) is 17.0. The van der Waals surface area contributed by atoms with Crippen molar-refractivity contribution in [1.29, 1.82) is 0 Å². The van der Waals surface area contributed by atoms with E-state index in [1.165, 1.54) is 12.3 Å². The van der Waals surface area contributed by atoms with Crippen LogP contribution in [-0.2, 0) is 6.54 Å². The highest BCUT2D eigenvalue weighted by Crippen LogP contribution is 2.15. The van der Waals surface area contributed by atoms with Gasteiger partial charge in [-0.05, 0) is 18.2 Å². The lowest BCUT2D eigenvalue weighted by Gasteiger charge is -2.00. The summed E-state index contributed by atoms with van der Waals surface area (Å²) in [7, 11) is 0. The molecule has 1 N–H and O–H groups in total. The Labute approximate surface area is 101 Å². The number of carboxylic acids is 1. The summed E-state index contributed by atoms with van der Waals surface area (Å²) < 4.78 is 6.79. The number of carbonyl (C=O) groups is 1. The van der Waals surface area contributed by atoms with Gasteiger partial charge in [0, 0.05) is 0 Å². The Morgan fingerprint density at radius 3 is 3.00 bits per heavy atom. The van der Waals surface area contributed by atoms with Gasteiger partial charge in [-0.15, -0.1) is 5.10 Å². The largest absolute Gasteiger partial charge is 0.478 e. The molecule has 0 fully saturated rings. The predicted molar refractivity (Wildman–Crippen MR) is 62.3 cm³/mol. The first kappa shape index (κ1) is 10.5. The summed E-state index contributed by atoms with van der Waals surface area (Å²) in [6.45, 7) is 0.245. The SMILES string of the molecule is O=C(O)c1ccoc1Cn1nnc2ccccc21. The zero-order valence-electron chi connectivity index (χ0n) is 9.28. The van der Waals surface area contributed by atoms with Gasteiger partial charge in [0.25, 0.3) is 0 Å². The maximum Gasteiger partial charge on any atom is 0.339 e. The molecule has 2 aromatic heterocycles. The number of hydrogen-bond acceptors (Lipinski definition) is 4. The fourth-order valence-electron chi connectivity index (χ4n) is 1.82. The van der Waals surface area contributed by atoms with E-state index in [0.717, 1.165) is 11.0 Å². The van der Waals surface area contributed by atoms with E-state index in [4.69, 9.17) is 9.52 Å². The fourth-order valence-corrected chi connectivity index (χ4v) is 1.82. The quantitative estimate of drug-likeness (QED) is 0.758. The molecule has 0 spiro atoms. The van der Waals surface area contributed by atoms with Crippen molar-refractivity contribution < 1.29 is 14.3 Å². The summed E-state index contributed by atoms with van der Waals surface area (Å²) in [4.78, 5) is 11.0. The standard InChI is InChI=1S/C12H9N3O3/c16-12(17)8-5-6-18-11(8)7-15-10-4-2-1-3-9(10)13-14-15/h1-6H,7H2,(H,16,17). The van der Waals surface area contributed by atoms with Gasteiger partial charge in [0.15, 0.2) is 0 Å². The molecule has 18 heavy (non-hydrogen) atoms. The lowest BCUT2D eigenvalue weighted by molar-refractivity contribution is 0.0694. The Hall–Kier alpha value is -2.63. The van der Waals surface area contributed by atoms with Crippen LogP contribution in [0.3, 0.4) is 0 Å². The number of furan rings is 1. The zero-order valence-corrected chi connectivity index (χ0v) is 9.28. The minimum atomic E-state index is -1.01. The van der Waals surface area contributed by atoms with Crippen molar-refractivity contribution in [2.45, 2.75) is 6.54 Å². The predicted octanol–water partition coefficient (Wildman–Crippen LogP) is 1.77. The monoisotopic (exact) mass is 243 g/mol. The van der Waals surface area contributed by atoms with Crippen LogP contribution in [0.1, 0.15) is 16.1 Å². The molecule has 0 amide bonds. The van der Waals surface area contributed by atoms with E-state index >= 15 is 0 Å². The molecule has 1 aromatic carbocycles. The molecule has 0 radical (unpaired) electrons. The molecular weight excluding hydrogens is 234 g/mol. The molecule has 0 unspecified atom stereocenters. The maximum atomic E-state index is 11.0. The van der Waals surface area contributed by atoms with Crippen LogP contribution in [0.15, 0.2) is 41.0 Å². The zero-order chi connectivity index (χ0) is 12.5. The number of fused-ring (bicyclic) bond motifs is 1. The van der Waals surface area contributed by atoms with Crippen LogP contribution >= 0.6 is 0 Å². The Morgan fingerprint density at radius 2 is 2.17 bits per heavy atom. The number of rotatable bonds is 3. The van der Waals surface area contributed by atoms with Gasteiger partial charge in [0.2, 0.25) is 0 Å². The van der Waals surface area contributed by atoms with Crippen molar-refractivity contribution >= 4 is 17.0 Å². The first-order chi connectivity index (χ1) is 8.75. The Balaban J connectivity index is 2.02. The number of para-hydroxylation sites is 1. The molecule has 0 aliphatic rings. The van der Waals surface area contributed by atoms with Crippen LogP contribution in [0.25, 0.3) is 11.0 Å². The van der Waals surface area contributed by atoms with Crippen molar-refractivity contribution in [3.8, 4) is 0 Å². The third kappa shape index (κ3) is 1.64. The van der Waals surface area contributed by atoms with Crippen LogP contribution in [0.4, 0.5) is 0 Å². The molecule has 0 saturated heterocycles. The van der Waals surface area contributed by atoms with E-state index in [2.05, 4.69) is 10.3 Å². The number of benzene rings is 1. The summed E-state index contributed by atoms with van der Waals surface area (Å²) in [6.07, 6.45) is 1.36. The van der Waals surface area contributed by atoms with E-state index in [9.17, 15) is 4.79 Å². The molecular formula is C12H9N3O3. The highest BCUT2D eigenvalue weighted by atomic mass is 16.4. The average Bonchev–Trinajstić information content (AvgIpc) is 2.97. The molecule has 2 heterocycles. The minimum absolute atomic E-state index is 0.148. The van der Waals surface area contributed by atoms with Gasteiger partial charge in [-0.25, -0.2) is 9.48 Å². The number of aromatic nitrogens is 3. The summed E-state index contributed by atoms with van der Waals surface area (Å²) >= 11 is 0. The van der Waals surface area contributed by atoms with Gasteiger partial charge in [-0.3, -0.25) is 0 Å². The molecule has 0 bridgehead atoms. The topological polar surface area (TPSA) is 81.1 Å². The second-order valence-electron chi connectivity index (χ2n) is 3.80. The molecule has 0 aliphatic heterocycles.